The number of aromatic nitrogens is 3. The van der Waals surface area contributed by atoms with Gasteiger partial charge in [-0.3, -0.25) is 0 Å². The molecular weight excluding hydrogens is 362 g/mol. The lowest BCUT2D eigenvalue weighted by atomic mass is 10.1. The molecular formula is C20H22ClN5O. The zero-order valence-electron chi connectivity index (χ0n) is 14.9. The Bertz CT molecular complexity index is 889. The second-order valence-corrected chi connectivity index (χ2v) is 6.61. The minimum atomic E-state index is -0.139. The minimum absolute atomic E-state index is 0.121. The first-order valence-corrected chi connectivity index (χ1v) is 9.22. The summed E-state index contributed by atoms with van der Waals surface area (Å²) in [5.74, 6) is 0.928. The van der Waals surface area contributed by atoms with Gasteiger partial charge in [0, 0.05) is 17.1 Å². The third-order valence-electron chi connectivity index (χ3n) is 4.15. The van der Waals surface area contributed by atoms with E-state index in [2.05, 4.69) is 44.5 Å². The fourth-order valence-corrected chi connectivity index (χ4v) is 2.96. The average molecular weight is 384 g/mol. The van der Waals surface area contributed by atoms with Crippen LogP contribution in [0.1, 0.15) is 24.0 Å². The molecule has 6 nitrogen and oxygen atoms in total. The van der Waals surface area contributed by atoms with Gasteiger partial charge in [-0.1, -0.05) is 48.0 Å². The van der Waals surface area contributed by atoms with Crippen molar-refractivity contribution in [2.45, 2.75) is 25.9 Å². The van der Waals surface area contributed by atoms with Gasteiger partial charge in [0.2, 0.25) is 11.9 Å². The first kappa shape index (κ1) is 19.1. The van der Waals surface area contributed by atoms with Crippen LogP contribution in [0.2, 0.25) is 5.02 Å². The number of hydrogen-bond donors (Lipinski definition) is 3. The second kappa shape index (κ2) is 9.30. The quantitative estimate of drug-likeness (QED) is 0.513. The number of benzene rings is 2. The third kappa shape index (κ3) is 5.39. The normalized spacial score (nSPS) is 10.7. The Morgan fingerprint density at radius 2 is 1.81 bits per heavy atom. The van der Waals surface area contributed by atoms with Crippen LogP contribution in [-0.2, 0) is 13.0 Å². The van der Waals surface area contributed by atoms with Crippen LogP contribution < -0.4 is 11.1 Å². The van der Waals surface area contributed by atoms with Crippen LogP contribution in [0.15, 0.2) is 48.5 Å². The number of halogens is 1. The molecule has 0 amide bonds. The molecule has 0 aliphatic rings. The van der Waals surface area contributed by atoms with Crippen molar-refractivity contribution in [3.8, 4) is 11.4 Å². The van der Waals surface area contributed by atoms with Crippen LogP contribution >= 0.6 is 11.6 Å². The fourth-order valence-electron chi connectivity index (χ4n) is 2.79. The predicted octanol–water partition coefficient (Wildman–Crippen LogP) is 3.70. The molecule has 0 saturated carbocycles. The summed E-state index contributed by atoms with van der Waals surface area (Å²) in [7, 11) is 0. The van der Waals surface area contributed by atoms with Gasteiger partial charge in [0.25, 0.3) is 0 Å². The second-order valence-electron chi connectivity index (χ2n) is 6.17. The van der Waals surface area contributed by atoms with Crippen LogP contribution in [0.3, 0.4) is 0 Å². The number of aryl methyl sites for hydroxylation is 1. The molecule has 0 aliphatic carbocycles. The number of unbranched alkanes of at least 4 members (excludes halogenated alkanes) is 1. The van der Waals surface area contributed by atoms with E-state index in [4.69, 9.17) is 17.3 Å². The van der Waals surface area contributed by atoms with Crippen molar-refractivity contribution >= 4 is 23.5 Å². The Morgan fingerprint density at radius 1 is 1.00 bits per heavy atom. The van der Waals surface area contributed by atoms with Gasteiger partial charge in [-0.05, 0) is 42.5 Å². The Morgan fingerprint density at radius 3 is 2.59 bits per heavy atom. The van der Waals surface area contributed by atoms with Crippen LogP contribution in [0, 0.1) is 0 Å². The maximum absolute atomic E-state index is 9.54. The van der Waals surface area contributed by atoms with E-state index in [-0.39, 0.29) is 12.6 Å². The van der Waals surface area contributed by atoms with E-state index in [0.717, 1.165) is 25.8 Å². The third-order valence-corrected chi connectivity index (χ3v) is 4.39. The van der Waals surface area contributed by atoms with Gasteiger partial charge in [0.15, 0.2) is 5.82 Å². The molecule has 0 saturated heterocycles. The largest absolute Gasteiger partial charge is 0.392 e. The summed E-state index contributed by atoms with van der Waals surface area (Å²) >= 11 is 6.07. The molecule has 3 rings (SSSR count). The van der Waals surface area contributed by atoms with Crippen molar-refractivity contribution in [3.63, 3.8) is 0 Å². The topological polar surface area (TPSA) is 97.0 Å². The SMILES string of the molecule is Nc1nc(NCCCCc2ccccc2)nc(-c2cc(Cl)ccc2CO)n1. The van der Waals surface area contributed by atoms with Gasteiger partial charge in [0.1, 0.15) is 0 Å². The minimum Gasteiger partial charge on any atom is -0.392 e. The molecule has 0 spiro atoms. The summed E-state index contributed by atoms with van der Waals surface area (Å²) in [6.07, 6.45) is 3.08. The molecule has 0 fully saturated rings. The van der Waals surface area contributed by atoms with Gasteiger partial charge in [-0.25, -0.2) is 0 Å². The number of rotatable bonds is 8. The highest BCUT2D eigenvalue weighted by molar-refractivity contribution is 6.30. The highest BCUT2D eigenvalue weighted by Crippen LogP contribution is 2.25. The first-order valence-electron chi connectivity index (χ1n) is 8.84. The Kier molecular flexibility index (Phi) is 6.57. The van der Waals surface area contributed by atoms with E-state index >= 15 is 0 Å². The predicted molar refractivity (Wildman–Crippen MR) is 108 cm³/mol. The van der Waals surface area contributed by atoms with Crippen molar-refractivity contribution in [1.29, 1.82) is 0 Å². The van der Waals surface area contributed by atoms with Crippen LogP contribution in [0.4, 0.5) is 11.9 Å². The van der Waals surface area contributed by atoms with Gasteiger partial charge < -0.3 is 16.2 Å². The lowest BCUT2D eigenvalue weighted by Gasteiger charge is -2.10. The molecule has 0 aliphatic heterocycles. The highest BCUT2D eigenvalue weighted by Gasteiger charge is 2.11. The van der Waals surface area contributed by atoms with E-state index in [1.54, 1.807) is 18.2 Å². The van der Waals surface area contributed by atoms with Crippen LogP contribution in [0.25, 0.3) is 11.4 Å². The maximum Gasteiger partial charge on any atom is 0.228 e. The summed E-state index contributed by atoms with van der Waals surface area (Å²) < 4.78 is 0. The number of hydrogen-bond acceptors (Lipinski definition) is 6. The van der Waals surface area contributed by atoms with E-state index < -0.39 is 0 Å². The molecule has 0 bridgehead atoms. The maximum atomic E-state index is 9.54. The molecule has 2 aromatic carbocycles. The summed E-state index contributed by atoms with van der Waals surface area (Å²) in [5.41, 5.74) is 8.49. The van der Waals surface area contributed by atoms with E-state index in [1.165, 1.54) is 5.56 Å². The summed E-state index contributed by atoms with van der Waals surface area (Å²) in [6, 6.07) is 15.6. The number of nitrogens with two attached hydrogens (primary N) is 1. The van der Waals surface area contributed by atoms with Crippen molar-refractivity contribution in [2.24, 2.45) is 0 Å². The molecule has 1 heterocycles. The molecule has 4 N–H and O–H groups in total. The summed E-state index contributed by atoms with van der Waals surface area (Å²) in [6.45, 7) is 0.596. The van der Waals surface area contributed by atoms with E-state index in [0.29, 0.717) is 27.9 Å². The van der Waals surface area contributed by atoms with E-state index in [9.17, 15) is 5.11 Å². The Hall–Kier alpha value is -2.70. The summed E-state index contributed by atoms with van der Waals surface area (Å²) in [4.78, 5) is 12.8. The molecule has 0 radical (unpaired) electrons. The van der Waals surface area contributed by atoms with Crippen molar-refractivity contribution in [2.75, 3.05) is 17.6 Å². The first-order chi connectivity index (χ1) is 13.2. The van der Waals surface area contributed by atoms with Gasteiger partial charge >= 0.3 is 0 Å². The highest BCUT2D eigenvalue weighted by atomic mass is 35.5. The van der Waals surface area contributed by atoms with Crippen molar-refractivity contribution < 1.29 is 5.11 Å². The fraction of sp³-hybridized carbons (Fsp3) is 0.250. The standard InChI is InChI=1S/C20H22ClN5O/c21-16-10-9-15(13-27)17(12-16)18-24-19(22)26-20(25-18)23-11-5-4-8-14-6-2-1-3-7-14/h1-3,6-7,9-10,12,27H,4-5,8,11,13H2,(H3,22,23,24,25,26). The number of aliphatic hydroxyl groups excluding tert-OH is 1. The van der Waals surface area contributed by atoms with Crippen LogP contribution in [0.5, 0.6) is 0 Å². The molecule has 0 atom stereocenters. The number of anilines is 2. The molecule has 7 heteroatoms. The number of aliphatic hydroxyl groups is 1. The molecule has 140 valence electrons. The van der Waals surface area contributed by atoms with Gasteiger partial charge in [0.05, 0.1) is 6.61 Å². The van der Waals surface area contributed by atoms with Crippen molar-refractivity contribution in [1.82, 2.24) is 15.0 Å². The number of nitrogen functional groups attached to an aromatic ring is 1. The van der Waals surface area contributed by atoms with Gasteiger partial charge in [-0.2, -0.15) is 15.0 Å². The molecule has 3 aromatic rings. The zero-order valence-corrected chi connectivity index (χ0v) is 15.7. The van der Waals surface area contributed by atoms with Crippen LogP contribution in [-0.4, -0.2) is 26.6 Å². The lowest BCUT2D eigenvalue weighted by molar-refractivity contribution is 0.282. The van der Waals surface area contributed by atoms with Crippen molar-refractivity contribution in [3.05, 3.63) is 64.7 Å². The summed E-state index contributed by atoms with van der Waals surface area (Å²) in [5, 5.41) is 13.3. The monoisotopic (exact) mass is 383 g/mol. The molecule has 27 heavy (non-hydrogen) atoms. The number of nitrogens with one attached hydrogen (secondary N) is 1. The lowest BCUT2D eigenvalue weighted by Crippen LogP contribution is -2.10. The Labute approximate surface area is 163 Å². The molecule has 1 aromatic heterocycles. The Balaban J connectivity index is 1.63. The van der Waals surface area contributed by atoms with Gasteiger partial charge in [-0.15, -0.1) is 0 Å². The van der Waals surface area contributed by atoms with E-state index in [1.807, 2.05) is 6.07 Å². The molecule has 0 unspecified atom stereocenters. The zero-order chi connectivity index (χ0) is 19.1. The average Bonchev–Trinajstić information content (AvgIpc) is 2.68. The number of nitrogens with zero attached hydrogens (tertiary/aromatic N) is 3. The smallest absolute Gasteiger partial charge is 0.228 e.